The van der Waals surface area contributed by atoms with Crippen LogP contribution in [0.2, 0.25) is 0 Å². The summed E-state index contributed by atoms with van der Waals surface area (Å²) in [5, 5.41) is 2.65. The van der Waals surface area contributed by atoms with E-state index < -0.39 is 21.8 Å². The highest BCUT2D eigenvalue weighted by molar-refractivity contribution is 7.89. The molecule has 2 aromatic rings. The summed E-state index contributed by atoms with van der Waals surface area (Å²) in [6.45, 7) is 1.06. The topological polar surface area (TPSA) is 125 Å². The molecule has 1 heterocycles. The van der Waals surface area contributed by atoms with E-state index in [0.717, 1.165) is 18.4 Å². The van der Waals surface area contributed by atoms with Crippen LogP contribution in [0.3, 0.4) is 0 Å². The number of rotatable bonds is 8. The summed E-state index contributed by atoms with van der Waals surface area (Å²) < 4.78 is 26.7. The van der Waals surface area contributed by atoms with Crippen LogP contribution < -0.4 is 16.2 Å². The second kappa shape index (κ2) is 10.9. The largest absolute Gasteiger partial charge is 0.355 e. The molecule has 1 fully saturated rings. The van der Waals surface area contributed by atoms with Crippen LogP contribution in [-0.4, -0.2) is 50.1 Å². The van der Waals surface area contributed by atoms with Crippen molar-refractivity contribution in [2.75, 3.05) is 19.6 Å². The van der Waals surface area contributed by atoms with Gasteiger partial charge in [0, 0.05) is 31.6 Å². The smallest absolute Gasteiger partial charge is 0.269 e. The molecule has 10 heteroatoms. The summed E-state index contributed by atoms with van der Waals surface area (Å²) in [6, 6.07) is 14.9. The van der Waals surface area contributed by atoms with E-state index in [2.05, 4.69) is 16.2 Å². The molecule has 0 unspecified atom stereocenters. The molecule has 9 nitrogen and oxygen atoms in total. The Labute approximate surface area is 187 Å². The van der Waals surface area contributed by atoms with Crippen LogP contribution in [0.25, 0.3) is 0 Å². The maximum atomic E-state index is 12.7. The Kier molecular flexibility index (Phi) is 7.96. The fourth-order valence-electron chi connectivity index (χ4n) is 3.30. The maximum absolute atomic E-state index is 12.7. The van der Waals surface area contributed by atoms with E-state index >= 15 is 0 Å². The van der Waals surface area contributed by atoms with Gasteiger partial charge in [0.15, 0.2) is 0 Å². The number of nitrogens with one attached hydrogen (secondary N) is 3. The fraction of sp³-hybridized carbons (Fsp3) is 0.318. The van der Waals surface area contributed by atoms with E-state index in [4.69, 9.17) is 0 Å². The van der Waals surface area contributed by atoms with E-state index in [-0.39, 0.29) is 35.8 Å². The lowest BCUT2D eigenvalue weighted by molar-refractivity contribution is -0.122. The molecule has 1 aliphatic heterocycles. The third-order valence-corrected chi connectivity index (χ3v) is 6.89. The van der Waals surface area contributed by atoms with E-state index in [1.54, 1.807) is 0 Å². The van der Waals surface area contributed by atoms with Crippen LogP contribution in [0.15, 0.2) is 59.5 Å². The molecule has 2 aromatic carbocycles. The maximum Gasteiger partial charge on any atom is 0.269 e. The quantitative estimate of drug-likeness (QED) is 0.509. The van der Waals surface area contributed by atoms with Crippen LogP contribution in [0.4, 0.5) is 0 Å². The Hall–Kier alpha value is -3.24. The summed E-state index contributed by atoms with van der Waals surface area (Å²) in [5.74, 6) is -1.33. The SMILES string of the molecule is O=C(Cc1ccccc1)NCCC(=O)NNC(=O)c1cccc(S(=O)(=O)N2CCCC2)c1. The van der Waals surface area contributed by atoms with Crippen LogP contribution in [0.1, 0.15) is 35.2 Å². The summed E-state index contributed by atoms with van der Waals surface area (Å²) in [7, 11) is -3.64. The summed E-state index contributed by atoms with van der Waals surface area (Å²) in [6.07, 6.45) is 1.83. The Bertz CT molecular complexity index is 1070. The van der Waals surface area contributed by atoms with Gasteiger partial charge in [-0.15, -0.1) is 0 Å². The molecule has 0 aliphatic carbocycles. The van der Waals surface area contributed by atoms with Gasteiger partial charge in [0.1, 0.15) is 0 Å². The first kappa shape index (κ1) is 23.4. The highest BCUT2D eigenvalue weighted by Crippen LogP contribution is 2.21. The number of nitrogens with zero attached hydrogens (tertiary/aromatic N) is 1. The van der Waals surface area contributed by atoms with Gasteiger partial charge in [-0.05, 0) is 36.6 Å². The van der Waals surface area contributed by atoms with Crippen molar-refractivity contribution >= 4 is 27.7 Å². The van der Waals surface area contributed by atoms with Gasteiger partial charge in [0.2, 0.25) is 21.8 Å². The van der Waals surface area contributed by atoms with Gasteiger partial charge in [0.05, 0.1) is 11.3 Å². The third kappa shape index (κ3) is 6.38. The summed E-state index contributed by atoms with van der Waals surface area (Å²) >= 11 is 0. The molecule has 0 saturated carbocycles. The Morgan fingerprint density at radius 1 is 0.875 bits per heavy atom. The van der Waals surface area contributed by atoms with E-state index in [1.807, 2.05) is 30.3 Å². The molecule has 0 atom stereocenters. The van der Waals surface area contributed by atoms with Crippen molar-refractivity contribution in [2.45, 2.75) is 30.6 Å². The molecule has 1 saturated heterocycles. The Morgan fingerprint density at radius 2 is 1.59 bits per heavy atom. The predicted molar refractivity (Wildman–Crippen MR) is 118 cm³/mol. The van der Waals surface area contributed by atoms with Crippen molar-refractivity contribution in [2.24, 2.45) is 0 Å². The van der Waals surface area contributed by atoms with Crippen LogP contribution >= 0.6 is 0 Å². The minimum absolute atomic E-state index is 0.0236. The number of amides is 3. The van der Waals surface area contributed by atoms with Gasteiger partial charge >= 0.3 is 0 Å². The Morgan fingerprint density at radius 3 is 2.31 bits per heavy atom. The zero-order chi connectivity index (χ0) is 23.0. The number of hydrogen-bond donors (Lipinski definition) is 3. The summed E-state index contributed by atoms with van der Waals surface area (Å²) in [5.41, 5.74) is 5.52. The van der Waals surface area contributed by atoms with Gasteiger partial charge in [-0.1, -0.05) is 36.4 Å². The van der Waals surface area contributed by atoms with Gasteiger partial charge in [-0.2, -0.15) is 4.31 Å². The average Bonchev–Trinajstić information content (AvgIpc) is 3.34. The van der Waals surface area contributed by atoms with Gasteiger partial charge < -0.3 is 5.32 Å². The molecule has 1 aliphatic rings. The van der Waals surface area contributed by atoms with Gasteiger partial charge in [-0.3, -0.25) is 25.2 Å². The average molecular weight is 459 g/mol. The van der Waals surface area contributed by atoms with Crippen LogP contribution in [0.5, 0.6) is 0 Å². The molecular formula is C22H26N4O5S. The molecule has 3 rings (SSSR count). The number of hydrogen-bond acceptors (Lipinski definition) is 5. The van der Waals surface area contributed by atoms with Crippen molar-refractivity contribution in [3.05, 3.63) is 65.7 Å². The standard InChI is InChI=1S/C22H26N4O5S/c27-20(11-12-23-21(28)15-17-7-2-1-3-8-17)24-25-22(29)18-9-6-10-19(16-18)32(30,31)26-13-4-5-14-26/h1-3,6-10,16H,4-5,11-15H2,(H,23,28)(H,24,27)(H,25,29). The number of sulfonamides is 1. The highest BCUT2D eigenvalue weighted by Gasteiger charge is 2.27. The fourth-order valence-corrected chi connectivity index (χ4v) is 4.86. The molecular weight excluding hydrogens is 432 g/mol. The molecule has 0 radical (unpaired) electrons. The first-order valence-corrected chi connectivity index (χ1v) is 11.8. The number of benzene rings is 2. The van der Waals surface area contributed by atoms with E-state index in [0.29, 0.717) is 13.1 Å². The van der Waals surface area contributed by atoms with E-state index in [1.165, 1.54) is 28.6 Å². The molecule has 170 valence electrons. The number of hydrazine groups is 1. The molecule has 0 spiro atoms. The summed E-state index contributed by atoms with van der Waals surface area (Å²) in [4.78, 5) is 36.2. The second-order valence-electron chi connectivity index (χ2n) is 7.40. The van der Waals surface area contributed by atoms with Crippen molar-refractivity contribution in [1.29, 1.82) is 0 Å². The zero-order valence-corrected chi connectivity index (χ0v) is 18.4. The molecule has 0 bridgehead atoms. The highest BCUT2D eigenvalue weighted by atomic mass is 32.2. The van der Waals surface area contributed by atoms with Crippen LogP contribution in [0, 0.1) is 0 Å². The van der Waals surface area contributed by atoms with Gasteiger partial charge in [0.25, 0.3) is 5.91 Å². The lowest BCUT2D eigenvalue weighted by Gasteiger charge is -2.16. The first-order chi connectivity index (χ1) is 15.4. The zero-order valence-electron chi connectivity index (χ0n) is 17.5. The second-order valence-corrected chi connectivity index (χ2v) is 9.34. The normalized spacial score (nSPS) is 14.0. The van der Waals surface area contributed by atoms with Crippen molar-refractivity contribution in [3.63, 3.8) is 0 Å². The minimum Gasteiger partial charge on any atom is -0.355 e. The van der Waals surface area contributed by atoms with Crippen molar-refractivity contribution in [1.82, 2.24) is 20.5 Å². The molecule has 3 amide bonds. The third-order valence-electron chi connectivity index (χ3n) is 5.00. The Balaban J connectivity index is 1.44. The van der Waals surface area contributed by atoms with Gasteiger partial charge in [-0.25, -0.2) is 8.42 Å². The monoisotopic (exact) mass is 458 g/mol. The van der Waals surface area contributed by atoms with Crippen molar-refractivity contribution in [3.8, 4) is 0 Å². The predicted octanol–water partition coefficient (Wildman–Crippen LogP) is 0.981. The lowest BCUT2D eigenvalue weighted by Crippen LogP contribution is -2.43. The number of carbonyl (C=O) groups excluding carboxylic acids is 3. The van der Waals surface area contributed by atoms with Crippen molar-refractivity contribution < 1.29 is 22.8 Å². The van der Waals surface area contributed by atoms with Crippen LogP contribution in [-0.2, 0) is 26.0 Å². The minimum atomic E-state index is -3.64. The number of carbonyl (C=O) groups is 3. The molecule has 0 aromatic heterocycles. The molecule has 3 N–H and O–H groups in total. The molecule has 32 heavy (non-hydrogen) atoms. The first-order valence-electron chi connectivity index (χ1n) is 10.4. The van der Waals surface area contributed by atoms with E-state index in [9.17, 15) is 22.8 Å². The lowest BCUT2D eigenvalue weighted by atomic mass is 10.1.